The smallest absolute Gasteiger partial charge is 0.346 e. The van der Waals surface area contributed by atoms with Crippen LogP contribution >= 0.6 is 0 Å². The first-order valence-electron chi connectivity index (χ1n) is 11.1. The van der Waals surface area contributed by atoms with Crippen molar-refractivity contribution < 1.29 is 13.5 Å². The largest absolute Gasteiger partial charge is 0.427 e. The number of rotatable bonds is 10. The first-order valence-corrected chi connectivity index (χ1v) is 11.1. The van der Waals surface area contributed by atoms with E-state index in [2.05, 4.69) is 13.5 Å². The number of halogens is 1. The lowest BCUT2D eigenvalue weighted by Gasteiger charge is -2.27. The van der Waals surface area contributed by atoms with E-state index in [0.717, 1.165) is 64.6 Å². The normalized spacial score (nSPS) is 19.5. The Bertz CT molecular complexity index is 862. The van der Waals surface area contributed by atoms with Crippen LogP contribution in [-0.2, 0) is 11.2 Å². The molecular weight excluding hydrogens is 367 g/mol. The van der Waals surface area contributed by atoms with E-state index in [1.807, 2.05) is 24.3 Å². The number of aryl methyl sites for hydroxylation is 1. The summed E-state index contributed by atoms with van der Waals surface area (Å²) in [6.45, 7) is 7.54. The third-order valence-electron chi connectivity index (χ3n) is 6.10. The summed E-state index contributed by atoms with van der Waals surface area (Å²) in [7, 11) is 0. The number of allylic oxidation sites excluding steroid dienone is 1. The number of hydrogen-bond donors (Lipinski definition) is 0. The van der Waals surface area contributed by atoms with Gasteiger partial charge >= 0.3 is 5.63 Å². The van der Waals surface area contributed by atoms with Gasteiger partial charge in [0.25, 0.3) is 0 Å². The number of ether oxygens (including phenoxy) is 1. The lowest BCUT2D eigenvalue weighted by atomic mass is 9.78. The second kappa shape index (κ2) is 10.7. The molecule has 3 nitrogen and oxygen atoms in total. The first kappa shape index (κ1) is 21.8. The van der Waals surface area contributed by atoms with Gasteiger partial charge in [-0.25, -0.2) is 9.18 Å². The van der Waals surface area contributed by atoms with Crippen molar-refractivity contribution in [3.63, 3.8) is 0 Å². The minimum absolute atomic E-state index is 0.0972. The molecular formula is C25H33FO3. The molecule has 0 unspecified atom stereocenters. The van der Waals surface area contributed by atoms with Crippen molar-refractivity contribution in [3.05, 3.63) is 58.4 Å². The van der Waals surface area contributed by atoms with Crippen molar-refractivity contribution in [2.24, 2.45) is 5.92 Å². The molecule has 1 fully saturated rings. The van der Waals surface area contributed by atoms with Crippen LogP contribution < -0.4 is 5.63 Å². The summed E-state index contributed by atoms with van der Waals surface area (Å²) in [5.74, 6) is 0.922. The average molecular weight is 401 g/mol. The van der Waals surface area contributed by atoms with E-state index in [9.17, 15) is 4.79 Å². The number of benzene rings is 1. The van der Waals surface area contributed by atoms with Crippen LogP contribution in [-0.4, -0.2) is 13.2 Å². The Hall–Kier alpha value is -1.94. The summed E-state index contributed by atoms with van der Waals surface area (Å²) in [5.41, 5.74) is 0.0973. The Morgan fingerprint density at radius 2 is 1.93 bits per heavy atom. The van der Waals surface area contributed by atoms with Crippen molar-refractivity contribution in [2.75, 3.05) is 13.2 Å². The highest BCUT2D eigenvalue weighted by Gasteiger charge is 2.24. The molecule has 0 saturated heterocycles. The summed E-state index contributed by atoms with van der Waals surface area (Å²) in [6.07, 6.45) is 10.6. The predicted molar refractivity (Wildman–Crippen MR) is 116 cm³/mol. The molecule has 0 bridgehead atoms. The number of fused-ring (bicyclic) bond motifs is 1. The molecule has 3 rings (SSSR count). The predicted octanol–water partition coefficient (Wildman–Crippen LogP) is 6.53. The van der Waals surface area contributed by atoms with Gasteiger partial charge in [-0.2, -0.15) is 0 Å². The van der Waals surface area contributed by atoms with Crippen LogP contribution in [0.2, 0.25) is 0 Å². The molecule has 0 radical (unpaired) electrons. The molecule has 158 valence electrons. The zero-order chi connectivity index (χ0) is 20.6. The number of unbranched alkanes of at least 4 members (excludes halogenated alkanes) is 2. The molecule has 0 atom stereocenters. The Labute approximate surface area is 173 Å². The van der Waals surface area contributed by atoms with Crippen molar-refractivity contribution in [2.45, 2.75) is 70.6 Å². The highest BCUT2D eigenvalue weighted by Crippen LogP contribution is 2.38. The van der Waals surface area contributed by atoms with Gasteiger partial charge in [-0.05, 0) is 73.8 Å². The van der Waals surface area contributed by atoms with Gasteiger partial charge in [-0.1, -0.05) is 31.6 Å². The van der Waals surface area contributed by atoms with Gasteiger partial charge in [0.1, 0.15) is 17.0 Å². The van der Waals surface area contributed by atoms with Crippen LogP contribution in [0.5, 0.6) is 0 Å². The molecule has 0 N–H and O–H groups in total. The third kappa shape index (κ3) is 5.57. The average Bonchev–Trinajstić information content (AvgIpc) is 2.73. The van der Waals surface area contributed by atoms with Crippen molar-refractivity contribution >= 4 is 10.8 Å². The van der Waals surface area contributed by atoms with Crippen molar-refractivity contribution in [3.8, 4) is 0 Å². The minimum atomic E-state index is -0.559. The fourth-order valence-electron chi connectivity index (χ4n) is 4.26. The van der Waals surface area contributed by atoms with E-state index in [-0.39, 0.29) is 11.3 Å². The molecule has 29 heavy (non-hydrogen) atoms. The molecule has 0 spiro atoms. The lowest BCUT2D eigenvalue weighted by Crippen LogP contribution is -2.14. The van der Waals surface area contributed by atoms with E-state index in [4.69, 9.17) is 9.15 Å². The minimum Gasteiger partial charge on any atom is -0.427 e. The van der Waals surface area contributed by atoms with E-state index in [0.29, 0.717) is 29.0 Å². The quantitative estimate of drug-likeness (QED) is 0.336. The van der Waals surface area contributed by atoms with Gasteiger partial charge in [0, 0.05) is 19.6 Å². The summed E-state index contributed by atoms with van der Waals surface area (Å²) >= 11 is 0. The molecule has 2 aromatic rings. The highest BCUT2D eigenvalue weighted by atomic mass is 19.1. The molecule has 4 heteroatoms. The molecule has 1 aromatic heterocycles. The molecule has 1 heterocycles. The van der Waals surface area contributed by atoms with Gasteiger partial charge in [-0.3, -0.25) is 0 Å². The maximum Gasteiger partial charge on any atom is 0.346 e. The maximum atomic E-state index is 15.2. The van der Waals surface area contributed by atoms with Crippen LogP contribution in [0.15, 0.2) is 40.1 Å². The topological polar surface area (TPSA) is 39.4 Å². The fourth-order valence-corrected chi connectivity index (χ4v) is 4.26. The van der Waals surface area contributed by atoms with E-state index < -0.39 is 11.4 Å². The third-order valence-corrected chi connectivity index (χ3v) is 6.10. The molecule has 0 aliphatic heterocycles. The zero-order valence-corrected chi connectivity index (χ0v) is 17.6. The summed E-state index contributed by atoms with van der Waals surface area (Å²) in [5, 5.41) is 0.733. The van der Waals surface area contributed by atoms with E-state index in [1.54, 1.807) is 0 Å². The summed E-state index contributed by atoms with van der Waals surface area (Å²) in [4.78, 5) is 12.5. The van der Waals surface area contributed by atoms with E-state index in [1.165, 1.54) is 0 Å². The molecule has 0 amide bonds. The Kier molecular flexibility index (Phi) is 8.05. The van der Waals surface area contributed by atoms with Crippen LogP contribution in [0.3, 0.4) is 0 Å². The van der Waals surface area contributed by atoms with Gasteiger partial charge in [0.15, 0.2) is 0 Å². The van der Waals surface area contributed by atoms with Crippen LogP contribution in [0.1, 0.15) is 75.5 Å². The SMILES string of the molecule is C=CC1CCC(c2ccc3cc(CCCCOCCCC)oc(=O)c3c2F)CC1. The molecule has 1 aliphatic rings. The first-order chi connectivity index (χ1) is 14.1. The van der Waals surface area contributed by atoms with Gasteiger partial charge in [0.2, 0.25) is 0 Å². The van der Waals surface area contributed by atoms with Crippen molar-refractivity contribution in [1.82, 2.24) is 0 Å². The van der Waals surface area contributed by atoms with Gasteiger partial charge in [-0.15, -0.1) is 6.58 Å². The molecule has 1 aromatic carbocycles. The van der Waals surface area contributed by atoms with Crippen LogP contribution in [0.25, 0.3) is 10.8 Å². The maximum absolute atomic E-state index is 15.2. The Morgan fingerprint density at radius 3 is 2.66 bits per heavy atom. The summed E-state index contributed by atoms with van der Waals surface area (Å²) in [6, 6.07) is 5.55. The number of hydrogen-bond acceptors (Lipinski definition) is 3. The molecule has 1 aliphatic carbocycles. The monoisotopic (exact) mass is 400 g/mol. The summed E-state index contributed by atoms with van der Waals surface area (Å²) < 4.78 is 26.2. The van der Waals surface area contributed by atoms with Crippen molar-refractivity contribution in [1.29, 1.82) is 0 Å². The highest BCUT2D eigenvalue weighted by molar-refractivity contribution is 5.83. The van der Waals surface area contributed by atoms with Crippen LogP contribution in [0.4, 0.5) is 4.39 Å². The Balaban J connectivity index is 1.66. The molecule has 1 saturated carbocycles. The van der Waals surface area contributed by atoms with Crippen LogP contribution in [0, 0.1) is 11.7 Å². The van der Waals surface area contributed by atoms with E-state index >= 15 is 4.39 Å². The zero-order valence-electron chi connectivity index (χ0n) is 17.6. The second-order valence-corrected chi connectivity index (χ2v) is 8.20. The van der Waals surface area contributed by atoms with Gasteiger partial charge < -0.3 is 9.15 Å². The second-order valence-electron chi connectivity index (χ2n) is 8.20. The lowest BCUT2D eigenvalue weighted by molar-refractivity contribution is 0.127. The van der Waals surface area contributed by atoms with Gasteiger partial charge in [0.05, 0.1) is 0 Å². The fraction of sp³-hybridized carbons (Fsp3) is 0.560. The standard InChI is InChI=1S/C25H33FO3/c1-3-5-15-28-16-7-6-8-21-17-20-13-14-22(24(26)23(20)25(27)29-21)19-11-9-18(4-2)10-12-19/h4,13-14,17-19H,2-3,5-12,15-16H2,1H3. The Morgan fingerprint density at radius 1 is 1.17 bits per heavy atom.